The summed E-state index contributed by atoms with van der Waals surface area (Å²) in [5.74, 6) is 0. The topological polar surface area (TPSA) is 69.6 Å². The molecule has 6 heteroatoms. The summed E-state index contributed by atoms with van der Waals surface area (Å²) >= 11 is 6.14. The van der Waals surface area contributed by atoms with E-state index in [-0.39, 0.29) is 0 Å². The molecule has 0 unspecified atom stereocenters. The fraction of sp³-hybridized carbons (Fsp3) is 0.0833. The Morgan fingerprint density at radius 2 is 2.17 bits per heavy atom. The summed E-state index contributed by atoms with van der Waals surface area (Å²) in [6, 6.07) is 7.47. The number of hydrogen-bond donors (Lipinski definition) is 1. The molecule has 0 saturated heterocycles. The summed E-state index contributed by atoms with van der Waals surface area (Å²) in [6.45, 7) is 0.360. The normalized spacial score (nSPS) is 11.0. The summed E-state index contributed by atoms with van der Waals surface area (Å²) < 4.78 is 1.66. The zero-order valence-corrected chi connectivity index (χ0v) is 10.2. The molecule has 0 aliphatic carbocycles. The minimum absolute atomic E-state index is 0.360. The average Bonchev–Trinajstić information content (AvgIpc) is 2.88. The number of halogens is 1. The summed E-state index contributed by atoms with van der Waals surface area (Å²) in [7, 11) is 0. The number of nitrogens with zero attached hydrogens (tertiary/aromatic N) is 4. The van der Waals surface area contributed by atoms with E-state index in [1.807, 2.05) is 24.3 Å². The van der Waals surface area contributed by atoms with Crippen LogP contribution in [-0.4, -0.2) is 20.0 Å². The molecular weight excluding hydrogens is 250 g/mol. The van der Waals surface area contributed by atoms with Gasteiger partial charge in [0.25, 0.3) is 0 Å². The minimum atomic E-state index is 0.360. The van der Waals surface area contributed by atoms with Crippen molar-refractivity contribution in [2.24, 2.45) is 5.73 Å². The quantitative estimate of drug-likeness (QED) is 0.763. The van der Waals surface area contributed by atoms with Gasteiger partial charge in [0, 0.05) is 18.1 Å². The van der Waals surface area contributed by atoms with E-state index in [1.54, 1.807) is 17.1 Å². The molecule has 0 saturated carbocycles. The number of benzene rings is 1. The number of rotatable bonds is 2. The molecule has 0 amide bonds. The highest BCUT2D eigenvalue weighted by atomic mass is 35.5. The maximum absolute atomic E-state index is 6.14. The highest BCUT2D eigenvalue weighted by Crippen LogP contribution is 2.26. The Hall–Kier alpha value is -1.98. The third-order valence-electron chi connectivity index (χ3n) is 2.69. The predicted molar refractivity (Wildman–Crippen MR) is 69.6 cm³/mol. The SMILES string of the molecule is NCc1cn(-c2ccc(Cl)c3cccnc23)nn1. The van der Waals surface area contributed by atoms with Crippen LogP contribution in [0, 0.1) is 0 Å². The Morgan fingerprint density at radius 1 is 1.28 bits per heavy atom. The van der Waals surface area contributed by atoms with Crippen LogP contribution >= 0.6 is 11.6 Å². The van der Waals surface area contributed by atoms with Gasteiger partial charge in [-0.1, -0.05) is 16.8 Å². The van der Waals surface area contributed by atoms with Crippen molar-refractivity contribution in [3.05, 3.63) is 47.4 Å². The van der Waals surface area contributed by atoms with Gasteiger partial charge in [-0.05, 0) is 24.3 Å². The second-order valence-corrected chi connectivity index (χ2v) is 4.23. The van der Waals surface area contributed by atoms with Crippen LogP contribution in [0.1, 0.15) is 5.69 Å². The third-order valence-corrected chi connectivity index (χ3v) is 3.02. The van der Waals surface area contributed by atoms with E-state index in [4.69, 9.17) is 17.3 Å². The van der Waals surface area contributed by atoms with Crippen LogP contribution in [0.4, 0.5) is 0 Å². The maximum atomic E-state index is 6.14. The second-order valence-electron chi connectivity index (χ2n) is 3.82. The largest absolute Gasteiger partial charge is 0.325 e. The summed E-state index contributed by atoms with van der Waals surface area (Å²) in [6.07, 6.45) is 3.51. The molecule has 3 rings (SSSR count). The molecule has 18 heavy (non-hydrogen) atoms. The van der Waals surface area contributed by atoms with Gasteiger partial charge in [0.2, 0.25) is 0 Å². The highest BCUT2D eigenvalue weighted by Gasteiger charge is 2.09. The van der Waals surface area contributed by atoms with Crippen LogP contribution in [0.2, 0.25) is 5.02 Å². The Kier molecular flexibility index (Phi) is 2.70. The minimum Gasteiger partial charge on any atom is -0.325 e. The first-order valence-electron chi connectivity index (χ1n) is 5.44. The van der Waals surface area contributed by atoms with Gasteiger partial charge in [-0.2, -0.15) is 0 Å². The Balaban J connectivity index is 2.26. The van der Waals surface area contributed by atoms with E-state index < -0.39 is 0 Å². The van der Waals surface area contributed by atoms with E-state index in [2.05, 4.69) is 15.3 Å². The molecule has 0 bridgehead atoms. The third kappa shape index (κ3) is 1.73. The molecule has 5 nitrogen and oxygen atoms in total. The van der Waals surface area contributed by atoms with E-state index >= 15 is 0 Å². The molecule has 0 aliphatic rings. The lowest BCUT2D eigenvalue weighted by Gasteiger charge is -2.05. The van der Waals surface area contributed by atoms with Crippen molar-refractivity contribution in [3.8, 4) is 5.69 Å². The number of aromatic nitrogens is 4. The van der Waals surface area contributed by atoms with Crippen molar-refractivity contribution in [1.29, 1.82) is 0 Å². The molecule has 2 aromatic heterocycles. The number of fused-ring (bicyclic) bond motifs is 1. The maximum Gasteiger partial charge on any atom is 0.0974 e. The number of nitrogens with two attached hydrogens (primary N) is 1. The lowest BCUT2D eigenvalue weighted by atomic mass is 10.2. The van der Waals surface area contributed by atoms with Gasteiger partial charge < -0.3 is 5.73 Å². The Morgan fingerprint density at radius 3 is 2.94 bits per heavy atom. The van der Waals surface area contributed by atoms with Crippen LogP contribution in [0.3, 0.4) is 0 Å². The lowest BCUT2D eigenvalue weighted by Crippen LogP contribution is -1.98. The van der Waals surface area contributed by atoms with E-state index in [0.29, 0.717) is 11.6 Å². The van der Waals surface area contributed by atoms with E-state index in [9.17, 15) is 0 Å². The van der Waals surface area contributed by atoms with Crippen LogP contribution < -0.4 is 5.73 Å². The standard InChI is InChI=1S/C12H10ClN5/c13-10-3-4-11(12-9(10)2-1-5-15-12)18-7-8(6-14)16-17-18/h1-5,7H,6,14H2. The zero-order chi connectivity index (χ0) is 12.5. The smallest absolute Gasteiger partial charge is 0.0974 e. The molecule has 1 aromatic carbocycles. The van der Waals surface area contributed by atoms with Gasteiger partial charge in [-0.15, -0.1) is 5.10 Å². The van der Waals surface area contributed by atoms with E-state index in [1.165, 1.54) is 0 Å². The molecule has 2 heterocycles. The van der Waals surface area contributed by atoms with Crippen LogP contribution in [0.15, 0.2) is 36.7 Å². The molecular formula is C12H10ClN5. The first kappa shape index (κ1) is 11.1. The van der Waals surface area contributed by atoms with Crippen LogP contribution in [-0.2, 0) is 6.54 Å². The first-order valence-corrected chi connectivity index (χ1v) is 5.82. The van der Waals surface area contributed by atoms with Crippen molar-refractivity contribution in [2.45, 2.75) is 6.54 Å². The van der Waals surface area contributed by atoms with Crippen molar-refractivity contribution >= 4 is 22.5 Å². The molecule has 2 N–H and O–H groups in total. The van der Waals surface area contributed by atoms with Crippen molar-refractivity contribution in [3.63, 3.8) is 0 Å². The summed E-state index contributed by atoms with van der Waals surface area (Å²) in [5.41, 5.74) is 7.88. The number of hydrogen-bond acceptors (Lipinski definition) is 4. The van der Waals surface area contributed by atoms with Crippen molar-refractivity contribution in [2.75, 3.05) is 0 Å². The summed E-state index contributed by atoms with van der Waals surface area (Å²) in [5, 5.41) is 9.57. The van der Waals surface area contributed by atoms with Gasteiger partial charge in [-0.3, -0.25) is 4.98 Å². The summed E-state index contributed by atoms with van der Waals surface area (Å²) in [4.78, 5) is 4.35. The fourth-order valence-electron chi connectivity index (χ4n) is 1.82. The van der Waals surface area contributed by atoms with Gasteiger partial charge >= 0.3 is 0 Å². The monoisotopic (exact) mass is 259 g/mol. The van der Waals surface area contributed by atoms with Crippen molar-refractivity contribution in [1.82, 2.24) is 20.0 Å². The van der Waals surface area contributed by atoms with Gasteiger partial charge in [0.15, 0.2) is 0 Å². The molecule has 0 spiro atoms. The van der Waals surface area contributed by atoms with E-state index in [0.717, 1.165) is 22.3 Å². The van der Waals surface area contributed by atoms with Gasteiger partial charge in [-0.25, -0.2) is 4.68 Å². The molecule has 0 fully saturated rings. The Labute approximate surface area is 108 Å². The molecule has 0 atom stereocenters. The zero-order valence-electron chi connectivity index (χ0n) is 9.42. The molecule has 90 valence electrons. The lowest BCUT2D eigenvalue weighted by molar-refractivity contribution is 0.799. The highest BCUT2D eigenvalue weighted by molar-refractivity contribution is 6.35. The molecule has 0 radical (unpaired) electrons. The van der Waals surface area contributed by atoms with Gasteiger partial charge in [0.1, 0.15) is 0 Å². The molecule has 3 aromatic rings. The number of pyridine rings is 1. The van der Waals surface area contributed by atoms with Gasteiger partial charge in [0.05, 0.1) is 28.1 Å². The van der Waals surface area contributed by atoms with Crippen LogP contribution in [0.5, 0.6) is 0 Å². The van der Waals surface area contributed by atoms with Crippen LogP contribution in [0.25, 0.3) is 16.6 Å². The second kappa shape index (κ2) is 4.36. The van der Waals surface area contributed by atoms with Crippen molar-refractivity contribution < 1.29 is 0 Å². The average molecular weight is 260 g/mol. The predicted octanol–water partition coefficient (Wildman–Crippen LogP) is 1.93. The fourth-order valence-corrected chi connectivity index (χ4v) is 2.03. The first-order chi connectivity index (χ1) is 8.79. The Bertz CT molecular complexity index is 707. The molecule has 0 aliphatic heterocycles.